The van der Waals surface area contributed by atoms with Crippen molar-refractivity contribution in [1.82, 2.24) is 0 Å². The third-order valence-electron chi connectivity index (χ3n) is 4.91. The minimum Gasteiger partial charge on any atom is -0.489 e. The summed E-state index contributed by atoms with van der Waals surface area (Å²) in [4.78, 5) is 12.6. The first-order chi connectivity index (χ1) is 13.8. The van der Waals surface area contributed by atoms with Crippen LogP contribution in [0.2, 0.25) is 0 Å². The van der Waals surface area contributed by atoms with E-state index in [1.807, 2.05) is 84.9 Å². The SMILES string of the molecule is O=C1Nc2ccc(OCc3ccccc3)cc2/C1=C1\C=Cc2ccccc2N1. The van der Waals surface area contributed by atoms with Crippen molar-refractivity contribution in [2.75, 3.05) is 10.6 Å². The van der Waals surface area contributed by atoms with E-state index in [9.17, 15) is 4.79 Å². The maximum Gasteiger partial charge on any atom is 0.258 e. The summed E-state index contributed by atoms with van der Waals surface area (Å²) in [6, 6.07) is 23.7. The summed E-state index contributed by atoms with van der Waals surface area (Å²) < 4.78 is 5.94. The number of hydrogen-bond donors (Lipinski definition) is 2. The Morgan fingerprint density at radius 2 is 1.61 bits per heavy atom. The summed E-state index contributed by atoms with van der Waals surface area (Å²) in [5, 5.41) is 6.32. The summed E-state index contributed by atoms with van der Waals surface area (Å²) in [7, 11) is 0. The first-order valence-electron chi connectivity index (χ1n) is 9.19. The quantitative estimate of drug-likeness (QED) is 0.637. The molecular formula is C24H18N2O2. The zero-order chi connectivity index (χ0) is 18.9. The largest absolute Gasteiger partial charge is 0.489 e. The van der Waals surface area contributed by atoms with E-state index in [-0.39, 0.29) is 5.91 Å². The molecule has 2 heterocycles. The molecule has 4 heteroatoms. The van der Waals surface area contributed by atoms with Crippen molar-refractivity contribution >= 4 is 28.9 Å². The highest BCUT2D eigenvalue weighted by atomic mass is 16.5. The molecule has 0 radical (unpaired) electrons. The molecule has 0 unspecified atom stereocenters. The summed E-state index contributed by atoms with van der Waals surface area (Å²) in [5.41, 5.74) is 6.26. The summed E-state index contributed by atoms with van der Waals surface area (Å²) in [5.74, 6) is 0.624. The second-order valence-electron chi connectivity index (χ2n) is 6.77. The van der Waals surface area contributed by atoms with E-state index < -0.39 is 0 Å². The molecule has 0 aromatic heterocycles. The highest BCUT2D eigenvalue weighted by molar-refractivity contribution is 6.33. The molecule has 5 rings (SSSR count). The third-order valence-corrected chi connectivity index (χ3v) is 4.91. The number of hydrogen-bond acceptors (Lipinski definition) is 3. The minimum atomic E-state index is -0.109. The van der Waals surface area contributed by atoms with E-state index in [2.05, 4.69) is 10.6 Å². The molecule has 2 aliphatic heterocycles. The van der Waals surface area contributed by atoms with Gasteiger partial charge >= 0.3 is 0 Å². The molecule has 0 spiro atoms. The van der Waals surface area contributed by atoms with Gasteiger partial charge in [0.2, 0.25) is 0 Å². The fraction of sp³-hybridized carbons (Fsp3) is 0.0417. The van der Waals surface area contributed by atoms with Crippen molar-refractivity contribution in [3.63, 3.8) is 0 Å². The van der Waals surface area contributed by atoms with Gasteiger partial charge in [0.25, 0.3) is 5.91 Å². The van der Waals surface area contributed by atoms with Crippen LogP contribution in [-0.4, -0.2) is 5.91 Å². The molecule has 3 aromatic carbocycles. The maximum atomic E-state index is 12.6. The molecule has 0 fully saturated rings. The average molecular weight is 366 g/mol. The molecule has 28 heavy (non-hydrogen) atoms. The van der Waals surface area contributed by atoms with Crippen LogP contribution in [0.1, 0.15) is 16.7 Å². The smallest absolute Gasteiger partial charge is 0.258 e. The predicted octanol–water partition coefficient (Wildman–Crippen LogP) is 5.07. The van der Waals surface area contributed by atoms with Crippen molar-refractivity contribution in [3.8, 4) is 5.75 Å². The number of carbonyl (C=O) groups excluding carboxylic acids is 1. The van der Waals surface area contributed by atoms with Gasteiger partial charge in [0.15, 0.2) is 0 Å². The lowest BCUT2D eigenvalue weighted by atomic mass is 10.0. The van der Waals surface area contributed by atoms with E-state index in [0.29, 0.717) is 12.2 Å². The standard InChI is InChI=1S/C24H18N2O2/c27-24-23(22-12-10-17-8-4-5-9-20(17)25-22)19-14-18(11-13-21(19)26-24)28-15-16-6-2-1-3-7-16/h1-14,25H,15H2,(H,26,27)/b23-22-. The zero-order valence-corrected chi connectivity index (χ0v) is 15.1. The fourth-order valence-electron chi connectivity index (χ4n) is 3.51. The van der Waals surface area contributed by atoms with Crippen LogP contribution in [0.25, 0.3) is 11.6 Å². The van der Waals surface area contributed by atoms with E-state index in [1.165, 1.54) is 0 Å². The van der Waals surface area contributed by atoms with Crippen LogP contribution in [0.3, 0.4) is 0 Å². The first-order valence-corrected chi connectivity index (χ1v) is 9.19. The number of allylic oxidation sites excluding steroid dienone is 1. The van der Waals surface area contributed by atoms with Gasteiger partial charge in [0.05, 0.1) is 11.3 Å². The zero-order valence-electron chi connectivity index (χ0n) is 15.1. The molecule has 2 aliphatic rings. The highest BCUT2D eigenvalue weighted by Crippen LogP contribution is 2.38. The van der Waals surface area contributed by atoms with Crippen molar-refractivity contribution in [2.24, 2.45) is 0 Å². The summed E-state index contributed by atoms with van der Waals surface area (Å²) >= 11 is 0. The van der Waals surface area contributed by atoms with Crippen LogP contribution in [0.15, 0.2) is 84.6 Å². The molecule has 0 aliphatic carbocycles. The monoisotopic (exact) mass is 366 g/mol. The van der Waals surface area contributed by atoms with Crippen LogP contribution in [0.4, 0.5) is 11.4 Å². The van der Waals surface area contributed by atoms with E-state index in [0.717, 1.165) is 39.5 Å². The Morgan fingerprint density at radius 1 is 0.786 bits per heavy atom. The minimum absolute atomic E-state index is 0.109. The number of amides is 1. The van der Waals surface area contributed by atoms with Crippen molar-refractivity contribution in [3.05, 3.63) is 101 Å². The third kappa shape index (κ3) is 2.95. The van der Waals surface area contributed by atoms with Crippen molar-refractivity contribution in [2.45, 2.75) is 6.61 Å². The second-order valence-corrected chi connectivity index (χ2v) is 6.77. The fourth-order valence-corrected chi connectivity index (χ4v) is 3.51. The normalized spacial score (nSPS) is 16.8. The number of anilines is 2. The Labute approximate surface area is 163 Å². The number of fused-ring (bicyclic) bond motifs is 2. The molecular weight excluding hydrogens is 348 g/mol. The van der Waals surface area contributed by atoms with Crippen LogP contribution >= 0.6 is 0 Å². The molecule has 0 bridgehead atoms. The Bertz CT molecular complexity index is 1130. The molecule has 4 nitrogen and oxygen atoms in total. The van der Waals surface area contributed by atoms with Crippen LogP contribution in [0.5, 0.6) is 5.75 Å². The van der Waals surface area contributed by atoms with E-state index >= 15 is 0 Å². The van der Waals surface area contributed by atoms with Gasteiger partial charge in [0, 0.05) is 16.9 Å². The molecule has 1 amide bonds. The molecule has 0 atom stereocenters. The summed E-state index contributed by atoms with van der Waals surface area (Å²) in [6.07, 6.45) is 3.97. The number of nitrogens with one attached hydrogen (secondary N) is 2. The first kappa shape index (κ1) is 16.4. The Hall–Kier alpha value is -3.79. The van der Waals surface area contributed by atoms with Crippen LogP contribution in [0, 0.1) is 0 Å². The van der Waals surface area contributed by atoms with Gasteiger partial charge in [-0.2, -0.15) is 0 Å². The Balaban J connectivity index is 1.47. The van der Waals surface area contributed by atoms with Gasteiger partial charge in [-0.3, -0.25) is 4.79 Å². The van der Waals surface area contributed by atoms with Crippen LogP contribution in [-0.2, 0) is 11.4 Å². The number of benzene rings is 3. The van der Waals surface area contributed by atoms with Gasteiger partial charge in [-0.25, -0.2) is 0 Å². The Morgan fingerprint density at radius 3 is 2.50 bits per heavy atom. The van der Waals surface area contributed by atoms with Gasteiger partial charge in [-0.15, -0.1) is 0 Å². The predicted molar refractivity (Wildman–Crippen MR) is 112 cm³/mol. The lowest BCUT2D eigenvalue weighted by molar-refractivity contribution is -0.110. The van der Waals surface area contributed by atoms with Crippen molar-refractivity contribution < 1.29 is 9.53 Å². The lowest BCUT2D eigenvalue weighted by Crippen LogP contribution is -2.11. The van der Waals surface area contributed by atoms with Gasteiger partial charge in [0.1, 0.15) is 12.4 Å². The number of para-hydroxylation sites is 1. The van der Waals surface area contributed by atoms with Gasteiger partial charge < -0.3 is 15.4 Å². The lowest BCUT2D eigenvalue weighted by Gasteiger charge is -2.17. The average Bonchev–Trinajstić information content (AvgIpc) is 3.07. The maximum absolute atomic E-state index is 12.6. The molecule has 2 N–H and O–H groups in total. The highest BCUT2D eigenvalue weighted by Gasteiger charge is 2.28. The number of carbonyl (C=O) groups is 1. The Kier molecular flexibility index (Phi) is 3.95. The molecule has 136 valence electrons. The molecule has 3 aromatic rings. The number of rotatable bonds is 3. The van der Waals surface area contributed by atoms with E-state index in [1.54, 1.807) is 0 Å². The number of ether oxygens (including phenoxy) is 1. The van der Waals surface area contributed by atoms with Gasteiger partial charge in [-0.05, 0) is 41.5 Å². The van der Waals surface area contributed by atoms with Gasteiger partial charge in [-0.1, -0.05) is 54.6 Å². The van der Waals surface area contributed by atoms with Crippen LogP contribution < -0.4 is 15.4 Å². The second kappa shape index (κ2) is 6.74. The van der Waals surface area contributed by atoms with E-state index in [4.69, 9.17) is 4.74 Å². The molecule has 0 saturated carbocycles. The molecule has 0 saturated heterocycles. The topological polar surface area (TPSA) is 50.4 Å². The summed E-state index contributed by atoms with van der Waals surface area (Å²) in [6.45, 7) is 0.485. The van der Waals surface area contributed by atoms with Crippen molar-refractivity contribution in [1.29, 1.82) is 0 Å².